The fourth-order valence-corrected chi connectivity index (χ4v) is 4.30. The molecule has 2 rings (SSSR count). The molecule has 5 nitrogen and oxygen atoms in total. The van der Waals surface area contributed by atoms with Gasteiger partial charge in [0.1, 0.15) is 0 Å². The SMILES string of the molecule is COC(=O)C1CCN(S(=O)(=O)CCCc2ccccc2)CC1. The molecule has 0 spiro atoms. The Morgan fingerprint density at radius 1 is 1.23 bits per heavy atom. The fourth-order valence-electron chi connectivity index (χ4n) is 2.77. The van der Waals surface area contributed by atoms with Gasteiger partial charge in [-0.1, -0.05) is 30.3 Å². The summed E-state index contributed by atoms with van der Waals surface area (Å²) in [6, 6.07) is 9.89. The van der Waals surface area contributed by atoms with E-state index in [0.29, 0.717) is 32.4 Å². The summed E-state index contributed by atoms with van der Waals surface area (Å²) in [5.74, 6) is -0.243. The van der Waals surface area contributed by atoms with Gasteiger partial charge in [-0.3, -0.25) is 4.79 Å². The van der Waals surface area contributed by atoms with Crippen LogP contribution in [0.1, 0.15) is 24.8 Å². The first-order valence-corrected chi connectivity index (χ1v) is 9.23. The molecule has 22 heavy (non-hydrogen) atoms. The summed E-state index contributed by atoms with van der Waals surface area (Å²) in [7, 11) is -1.86. The minimum absolute atomic E-state index is 0.158. The summed E-state index contributed by atoms with van der Waals surface area (Å²) < 4.78 is 30.9. The molecule has 6 heteroatoms. The van der Waals surface area contributed by atoms with E-state index in [1.165, 1.54) is 11.4 Å². The molecule has 0 bridgehead atoms. The predicted molar refractivity (Wildman–Crippen MR) is 84.9 cm³/mol. The zero-order chi connectivity index (χ0) is 16.0. The summed E-state index contributed by atoms with van der Waals surface area (Å²) in [5, 5.41) is 0. The van der Waals surface area contributed by atoms with Crippen molar-refractivity contribution in [3.8, 4) is 0 Å². The number of methoxy groups -OCH3 is 1. The number of rotatable bonds is 6. The zero-order valence-electron chi connectivity index (χ0n) is 12.9. The normalized spacial score (nSPS) is 17.3. The Bertz CT molecular complexity index is 577. The van der Waals surface area contributed by atoms with E-state index in [4.69, 9.17) is 4.74 Å². The van der Waals surface area contributed by atoms with E-state index in [1.54, 1.807) is 0 Å². The third-order valence-corrected chi connectivity index (χ3v) is 6.05. The van der Waals surface area contributed by atoms with Crippen molar-refractivity contribution < 1.29 is 17.9 Å². The lowest BCUT2D eigenvalue weighted by molar-refractivity contribution is -0.146. The molecule has 0 aromatic heterocycles. The highest BCUT2D eigenvalue weighted by Crippen LogP contribution is 2.21. The van der Waals surface area contributed by atoms with Gasteiger partial charge < -0.3 is 4.74 Å². The number of carbonyl (C=O) groups excluding carboxylic acids is 1. The van der Waals surface area contributed by atoms with Gasteiger partial charge in [0, 0.05) is 13.1 Å². The first kappa shape index (κ1) is 17.0. The van der Waals surface area contributed by atoms with Crippen molar-refractivity contribution in [2.75, 3.05) is 26.0 Å². The van der Waals surface area contributed by atoms with Gasteiger partial charge in [-0.05, 0) is 31.2 Å². The monoisotopic (exact) mass is 325 g/mol. The topological polar surface area (TPSA) is 63.7 Å². The molecule has 1 aliphatic heterocycles. The highest BCUT2D eigenvalue weighted by atomic mass is 32.2. The first-order chi connectivity index (χ1) is 10.5. The van der Waals surface area contributed by atoms with E-state index in [9.17, 15) is 13.2 Å². The van der Waals surface area contributed by atoms with Crippen molar-refractivity contribution in [2.45, 2.75) is 25.7 Å². The molecule has 0 aliphatic carbocycles. The van der Waals surface area contributed by atoms with Crippen LogP contribution in [0.2, 0.25) is 0 Å². The van der Waals surface area contributed by atoms with Crippen LogP contribution in [0.25, 0.3) is 0 Å². The second-order valence-electron chi connectivity index (χ2n) is 5.60. The highest BCUT2D eigenvalue weighted by Gasteiger charge is 2.31. The standard InChI is InChI=1S/C16H23NO4S/c1-21-16(18)15-9-11-17(12-10-15)22(19,20)13-5-8-14-6-3-2-4-7-14/h2-4,6-7,15H,5,8-13H2,1H3. The van der Waals surface area contributed by atoms with E-state index in [-0.39, 0.29) is 17.6 Å². The van der Waals surface area contributed by atoms with Crippen molar-refractivity contribution in [3.05, 3.63) is 35.9 Å². The smallest absolute Gasteiger partial charge is 0.308 e. The van der Waals surface area contributed by atoms with Crippen LogP contribution in [0.5, 0.6) is 0 Å². The van der Waals surface area contributed by atoms with Gasteiger partial charge in [0.15, 0.2) is 0 Å². The number of carbonyl (C=O) groups is 1. The number of benzene rings is 1. The summed E-state index contributed by atoms with van der Waals surface area (Å²) in [4.78, 5) is 11.5. The predicted octanol–water partition coefficient (Wildman–Crippen LogP) is 1.83. The average Bonchev–Trinajstić information content (AvgIpc) is 2.55. The lowest BCUT2D eigenvalue weighted by Crippen LogP contribution is -2.41. The van der Waals surface area contributed by atoms with E-state index in [2.05, 4.69) is 0 Å². The zero-order valence-corrected chi connectivity index (χ0v) is 13.7. The minimum atomic E-state index is -3.23. The van der Waals surface area contributed by atoms with Gasteiger partial charge >= 0.3 is 5.97 Å². The quantitative estimate of drug-likeness (QED) is 0.749. The maximum atomic E-state index is 12.3. The molecule has 1 fully saturated rings. The summed E-state index contributed by atoms with van der Waals surface area (Å²) in [6.07, 6.45) is 2.47. The molecule has 1 heterocycles. The molecule has 122 valence electrons. The molecule has 0 atom stereocenters. The Hall–Kier alpha value is -1.40. The Kier molecular flexibility index (Phi) is 5.97. The molecule has 1 aliphatic rings. The van der Waals surface area contributed by atoms with Crippen LogP contribution in [0, 0.1) is 5.92 Å². The van der Waals surface area contributed by atoms with Crippen molar-refractivity contribution in [3.63, 3.8) is 0 Å². The van der Waals surface area contributed by atoms with E-state index in [0.717, 1.165) is 12.0 Å². The number of esters is 1. The van der Waals surface area contributed by atoms with Crippen molar-refractivity contribution in [1.29, 1.82) is 0 Å². The van der Waals surface area contributed by atoms with Gasteiger partial charge in [0.05, 0.1) is 18.8 Å². The number of hydrogen-bond donors (Lipinski definition) is 0. The lowest BCUT2D eigenvalue weighted by Gasteiger charge is -2.29. The van der Waals surface area contributed by atoms with Gasteiger partial charge in [0.2, 0.25) is 10.0 Å². The van der Waals surface area contributed by atoms with Crippen LogP contribution in [-0.2, 0) is 26.0 Å². The van der Waals surface area contributed by atoms with Gasteiger partial charge in [-0.25, -0.2) is 12.7 Å². The summed E-state index contributed by atoms with van der Waals surface area (Å²) >= 11 is 0. The van der Waals surface area contributed by atoms with Crippen LogP contribution in [-0.4, -0.2) is 44.6 Å². The van der Waals surface area contributed by atoms with E-state index in [1.807, 2.05) is 30.3 Å². The molecule has 0 N–H and O–H groups in total. The second kappa shape index (κ2) is 7.74. The van der Waals surface area contributed by atoms with Gasteiger partial charge in [-0.2, -0.15) is 0 Å². The molecular formula is C16H23NO4S. The number of aryl methyl sites for hydroxylation is 1. The fraction of sp³-hybridized carbons (Fsp3) is 0.562. The maximum absolute atomic E-state index is 12.3. The summed E-state index contributed by atoms with van der Waals surface area (Å²) in [6.45, 7) is 0.820. The Balaban J connectivity index is 1.80. The first-order valence-electron chi connectivity index (χ1n) is 7.62. The lowest BCUT2D eigenvalue weighted by atomic mass is 9.99. The van der Waals surface area contributed by atoms with Crippen LogP contribution >= 0.6 is 0 Å². The van der Waals surface area contributed by atoms with Crippen LogP contribution in [0.15, 0.2) is 30.3 Å². The third-order valence-electron chi connectivity index (χ3n) is 4.09. The second-order valence-corrected chi connectivity index (χ2v) is 7.69. The van der Waals surface area contributed by atoms with Crippen LogP contribution in [0.4, 0.5) is 0 Å². The van der Waals surface area contributed by atoms with Gasteiger partial charge in [-0.15, -0.1) is 0 Å². The Labute approximate surface area is 132 Å². The molecule has 1 aromatic carbocycles. The van der Waals surface area contributed by atoms with Crippen molar-refractivity contribution in [1.82, 2.24) is 4.31 Å². The van der Waals surface area contributed by atoms with E-state index >= 15 is 0 Å². The molecule has 0 amide bonds. The van der Waals surface area contributed by atoms with Crippen LogP contribution in [0.3, 0.4) is 0 Å². The van der Waals surface area contributed by atoms with Gasteiger partial charge in [0.25, 0.3) is 0 Å². The average molecular weight is 325 g/mol. The third kappa shape index (κ3) is 4.55. The van der Waals surface area contributed by atoms with Crippen LogP contribution < -0.4 is 0 Å². The number of hydrogen-bond acceptors (Lipinski definition) is 4. The largest absolute Gasteiger partial charge is 0.469 e. The molecular weight excluding hydrogens is 302 g/mol. The Morgan fingerprint density at radius 3 is 2.45 bits per heavy atom. The summed E-state index contributed by atoms with van der Waals surface area (Å²) in [5.41, 5.74) is 1.15. The van der Waals surface area contributed by atoms with Crippen molar-refractivity contribution >= 4 is 16.0 Å². The number of ether oxygens (including phenoxy) is 1. The Morgan fingerprint density at radius 2 is 1.86 bits per heavy atom. The minimum Gasteiger partial charge on any atom is -0.469 e. The number of nitrogens with zero attached hydrogens (tertiary/aromatic N) is 1. The molecule has 1 aromatic rings. The van der Waals surface area contributed by atoms with Crippen molar-refractivity contribution in [2.24, 2.45) is 5.92 Å². The molecule has 0 saturated carbocycles. The highest BCUT2D eigenvalue weighted by molar-refractivity contribution is 7.89. The van der Waals surface area contributed by atoms with E-state index < -0.39 is 10.0 Å². The molecule has 0 unspecified atom stereocenters. The number of sulfonamides is 1. The maximum Gasteiger partial charge on any atom is 0.308 e. The molecule has 0 radical (unpaired) electrons. The molecule has 1 saturated heterocycles. The number of piperidine rings is 1.